The van der Waals surface area contributed by atoms with E-state index in [-0.39, 0.29) is 33.2 Å². The number of likely N-dealkylation sites (N-methyl/N-ethyl adjacent to an activating group) is 1. The molecule has 38 heavy (non-hydrogen) atoms. The molecule has 0 spiro atoms. The summed E-state index contributed by atoms with van der Waals surface area (Å²) in [6.45, 7) is 19.0. The number of nitrogens with zero attached hydrogens (tertiary/aromatic N) is 1. The fraction of sp³-hybridized carbons (Fsp3) is 0.912. The van der Waals surface area contributed by atoms with Crippen LogP contribution in [0.5, 0.6) is 0 Å². The quantitative estimate of drug-likeness (QED) is 0.389. The maximum absolute atomic E-state index is 14.0. The highest BCUT2D eigenvalue weighted by molar-refractivity contribution is 5.87. The molecule has 0 aromatic carbocycles. The SMILES string of the molecule is CN(C)CCNC(=O)[C@]12CCC(C)(C)CC1=C1CC[C@@H]3[C@@]4(C)CC[C@H](O)C(C)(C)C4CC[C@@]3(C)[C@]1(C)CC2. The van der Waals surface area contributed by atoms with Gasteiger partial charge in [-0.2, -0.15) is 0 Å². The minimum atomic E-state index is -0.294. The van der Waals surface area contributed by atoms with Crippen LogP contribution in [0.15, 0.2) is 11.1 Å². The van der Waals surface area contributed by atoms with Gasteiger partial charge in [-0.3, -0.25) is 4.79 Å². The molecule has 2 N–H and O–H groups in total. The largest absolute Gasteiger partial charge is 0.393 e. The number of amides is 1. The topological polar surface area (TPSA) is 52.6 Å². The molecule has 0 bridgehead atoms. The monoisotopic (exact) mass is 526 g/mol. The van der Waals surface area contributed by atoms with Gasteiger partial charge in [0, 0.05) is 13.1 Å². The first-order chi connectivity index (χ1) is 17.5. The van der Waals surface area contributed by atoms with Gasteiger partial charge in [0.2, 0.25) is 5.91 Å². The molecule has 4 saturated carbocycles. The van der Waals surface area contributed by atoms with E-state index in [1.165, 1.54) is 25.7 Å². The predicted octanol–water partition coefficient (Wildman–Crippen LogP) is 6.97. The van der Waals surface area contributed by atoms with Crippen LogP contribution in [0.1, 0.15) is 119 Å². The number of rotatable bonds is 4. The summed E-state index contributed by atoms with van der Waals surface area (Å²) in [5.41, 5.74) is 3.92. The first-order valence-electron chi connectivity index (χ1n) is 15.9. The Morgan fingerprint density at radius 1 is 0.868 bits per heavy atom. The summed E-state index contributed by atoms with van der Waals surface area (Å²) in [5, 5.41) is 14.4. The number of fused-ring (bicyclic) bond motifs is 6. The van der Waals surface area contributed by atoms with Crippen molar-refractivity contribution in [1.29, 1.82) is 0 Å². The zero-order valence-corrected chi connectivity index (χ0v) is 26.2. The van der Waals surface area contributed by atoms with Crippen molar-refractivity contribution in [1.82, 2.24) is 10.2 Å². The van der Waals surface area contributed by atoms with Gasteiger partial charge < -0.3 is 15.3 Å². The standard InChI is InChI=1S/C34H58N2O2/c1-29(2)16-18-34(28(38)35-20-21-36(8)9)19-17-32(6)23(24(34)22-29)10-11-26-31(5)14-13-27(37)30(3,4)25(31)12-15-33(26,32)7/h25-27,37H,10-22H2,1-9H3,(H,35,38)/t25?,26-,27+,31+,32-,33-,34+/m1/s1. The van der Waals surface area contributed by atoms with E-state index in [9.17, 15) is 9.90 Å². The highest BCUT2D eigenvalue weighted by Crippen LogP contribution is 2.75. The molecule has 7 atom stereocenters. The average Bonchev–Trinajstić information content (AvgIpc) is 2.81. The van der Waals surface area contributed by atoms with Crippen LogP contribution >= 0.6 is 0 Å². The molecule has 5 aliphatic carbocycles. The molecule has 0 aliphatic heterocycles. The van der Waals surface area contributed by atoms with E-state index in [2.05, 4.69) is 72.8 Å². The number of aliphatic hydroxyl groups is 1. The van der Waals surface area contributed by atoms with Crippen molar-refractivity contribution in [3.63, 3.8) is 0 Å². The Labute approximate surface area is 233 Å². The molecule has 0 aromatic rings. The van der Waals surface area contributed by atoms with Gasteiger partial charge in [-0.25, -0.2) is 0 Å². The van der Waals surface area contributed by atoms with Gasteiger partial charge in [-0.1, -0.05) is 59.6 Å². The smallest absolute Gasteiger partial charge is 0.230 e. The van der Waals surface area contributed by atoms with Crippen LogP contribution in [0.3, 0.4) is 0 Å². The molecule has 1 amide bonds. The van der Waals surface area contributed by atoms with E-state index >= 15 is 0 Å². The molecular weight excluding hydrogens is 468 g/mol. The second kappa shape index (κ2) is 9.07. The third-order valence-corrected chi connectivity index (χ3v) is 13.8. The molecule has 0 radical (unpaired) electrons. The van der Waals surface area contributed by atoms with Crippen molar-refractivity contribution in [3.8, 4) is 0 Å². The van der Waals surface area contributed by atoms with Gasteiger partial charge in [0.15, 0.2) is 0 Å². The molecule has 1 unspecified atom stereocenters. The Hall–Kier alpha value is -0.870. The maximum atomic E-state index is 14.0. The Morgan fingerprint density at radius 3 is 2.24 bits per heavy atom. The van der Waals surface area contributed by atoms with Crippen LogP contribution in [-0.4, -0.2) is 49.2 Å². The van der Waals surface area contributed by atoms with E-state index in [1.807, 2.05) is 0 Å². The average molecular weight is 527 g/mol. The van der Waals surface area contributed by atoms with Gasteiger partial charge >= 0.3 is 0 Å². The number of allylic oxidation sites excluding steroid dienone is 1. The van der Waals surface area contributed by atoms with Gasteiger partial charge in [0.05, 0.1) is 11.5 Å². The number of carbonyl (C=O) groups is 1. The summed E-state index contributed by atoms with van der Waals surface area (Å²) in [5.74, 6) is 1.59. The molecule has 0 aromatic heterocycles. The van der Waals surface area contributed by atoms with Gasteiger partial charge in [0.1, 0.15) is 0 Å². The summed E-state index contributed by atoms with van der Waals surface area (Å²) in [6.07, 6.45) is 12.2. The van der Waals surface area contributed by atoms with E-state index in [1.54, 1.807) is 11.1 Å². The van der Waals surface area contributed by atoms with Gasteiger partial charge in [-0.15, -0.1) is 0 Å². The lowest BCUT2D eigenvalue weighted by molar-refractivity contribution is -0.204. The predicted molar refractivity (Wildman–Crippen MR) is 157 cm³/mol. The number of nitrogens with one attached hydrogen (secondary N) is 1. The number of hydrogen-bond donors (Lipinski definition) is 2. The van der Waals surface area contributed by atoms with E-state index in [0.29, 0.717) is 23.2 Å². The lowest BCUT2D eigenvalue weighted by Crippen LogP contribution is -2.64. The van der Waals surface area contributed by atoms with Crippen molar-refractivity contribution in [2.45, 2.75) is 125 Å². The van der Waals surface area contributed by atoms with Crippen molar-refractivity contribution in [3.05, 3.63) is 11.1 Å². The minimum absolute atomic E-state index is 0.00622. The van der Waals surface area contributed by atoms with E-state index < -0.39 is 0 Å². The third-order valence-electron chi connectivity index (χ3n) is 13.8. The Bertz CT molecular complexity index is 996. The Balaban J connectivity index is 1.55. The molecule has 216 valence electrons. The lowest BCUT2D eigenvalue weighted by atomic mass is 9.34. The molecule has 4 nitrogen and oxygen atoms in total. The molecule has 4 heteroatoms. The van der Waals surface area contributed by atoms with Crippen molar-refractivity contribution >= 4 is 5.91 Å². The molecule has 5 aliphatic rings. The molecule has 5 rings (SSSR count). The second-order valence-electron chi connectivity index (χ2n) is 16.8. The normalized spacial score (nSPS) is 45.5. The van der Waals surface area contributed by atoms with Crippen LogP contribution < -0.4 is 5.32 Å². The highest BCUT2D eigenvalue weighted by Gasteiger charge is 2.68. The number of hydrogen-bond acceptors (Lipinski definition) is 3. The summed E-state index contributed by atoms with van der Waals surface area (Å²) < 4.78 is 0. The van der Waals surface area contributed by atoms with Crippen LogP contribution in [-0.2, 0) is 4.79 Å². The fourth-order valence-corrected chi connectivity index (χ4v) is 11.2. The first kappa shape index (κ1) is 28.7. The summed E-state index contributed by atoms with van der Waals surface area (Å²) in [7, 11) is 4.16. The summed E-state index contributed by atoms with van der Waals surface area (Å²) >= 11 is 0. The molecule has 0 heterocycles. The summed E-state index contributed by atoms with van der Waals surface area (Å²) in [4.78, 5) is 16.2. The lowest BCUT2D eigenvalue weighted by Gasteiger charge is -2.71. The van der Waals surface area contributed by atoms with E-state index in [4.69, 9.17) is 0 Å². The van der Waals surface area contributed by atoms with Crippen molar-refractivity contribution in [2.24, 2.45) is 44.3 Å². The molecular formula is C34H58N2O2. The summed E-state index contributed by atoms with van der Waals surface area (Å²) in [6, 6.07) is 0. The van der Waals surface area contributed by atoms with Crippen molar-refractivity contribution in [2.75, 3.05) is 27.2 Å². The maximum Gasteiger partial charge on any atom is 0.230 e. The fourth-order valence-electron chi connectivity index (χ4n) is 11.2. The number of carbonyl (C=O) groups excluding carboxylic acids is 1. The minimum Gasteiger partial charge on any atom is -0.393 e. The molecule has 0 saturated heterocycles. The van der Waals surface area contributed by atoms with E-state index in [0.717, 1.165) is 58.0 Å². The zero-order chi connectivity index (χ0) is 27.9. The third kappa shape index (κ3) is 3.92. The van der Waals surface area contributed by atoms with Crippen LogP contribution in [0.25, 0.3) is 0 Å². The molecule has 4 fully saturated rings. The zero-order valence-electron chi connectivity index (χ0n) is 26.2. The highest BCUT2D eigenvalue weighted by atomic mass is 16.3. The first-order valence-corrected chi connectivity index (χ1v) is 15.9. The van der Waals surface area contributed by atoms with Crippen LogP contribution in [0.4, 0.5) is 0 Å². The van der Waals surface area contributed by atoms with Crippen LogP contribution in [0.2, 0.25) is 0 Å². The Kier molecular flexibility index (Phi) is 6.84. The number of aliphatic hydroxyl groups excluding tert-OH is 1. The van der Waals surface area contributed by atoms with Gasteiger partial charge in [-0.05, 0) is 124 Å². The Morgan fingerprint density at radius 2 is 1.55 bits per heavy atom. The van der Waals surface area contributed by atoms with Gasteiger partial charge in [0.25, 0.3) is 0 Å². The van der Waals surface area contributed by atoms with Crippen molar-refractivity contribution < 1.29 is 9.90 Å². The second-order valence-corrected chi connectivity index (χ2v) is 16.8. The van der Waals surface area contributed by atoms with Crippen LogP contribution in [0, 0.1) is 44.3 Å².